The van der Waals surface area contributed by atoms with E-state index in [2.05, 4.69) is 6.92 Å². The van der Waals surface area contributed by atoms with Gasteiger partial charge in [-0.2, -0.15) is 0 Å². The first-order chi connectivity index (χ1) is 13.5. The first-order valence-corrected chi connectivity index (χ1v) is 10.4. The number of piperidine rings is 1. The molecule has 0 unspecified atom stereocenters. The summed E-state index contributed by atoms with van der Waals surface area (Å²) in [4.78, 5) is 40.7. The number of unbranched alkanes of at least 4 members (excludes halogenated alkanes) is 1. The van der Waals surface area contributed by atoms with Crippen LogP contribution >= 0.6 is 0 Å². The summed E-state index contributed by atoms with van der Waals surface area (Å²) in [5, 5.41) is 0. The molecule has 1 aromatic heterocycles. The summed E-state index contributed by atoms with van der Waals surface area (Å²) in [6.45, 7) is 7.08. The number of carbonyl (C=O) groups is 2. The van der Waals surface area contributed by atoms with Crippen LogP contribution in [0.5, 0.6) is 5.75 Å². The molecule has 3 aliphatic rings. The summed E-state index contributed by atoms with van der Waals surface area (Å²) in [6, 6.07) is 0.365. The molecule has 1 saturated heterocycles. The minimum atomic E-state index is -0.667. The standard InChI is InChI=1S/C21H28N2O5/c1-4-6-7-28-19-17-20(25)23-13-8-12(3)14(9-13)16(23)11-22(17)10-15(18(19)24)21(26)27-5-2/h10,12-14,16H,4-9,11H2,1-3H3/t12-,13+,14+,16-/m1/s1. The van der Waals surface area contributed by atoms with Crippen LogP contribution in [-0.4, -0.2) is 46.6 Å². The molecule has 7 nitrogen and oxygen atoms in total. The van der Waals surface area contributed by atoms with Gasteiger partial charge in [-0.15, -0.1) is 0 Å². The predicted octanol–water partition coefficient (Wildman–Crippen LogP) is 2.46. The van der Waals surface area contributed by atoms with Crippen molar-refractivity contribution in [1.82, 2.24) is 9.47 Å². The van der Waals surface area contributed by atoms with E-state index in [-0.39, 0.29) is 41.6 Å². The Morgan fingerprint density at radius 3 is 2.75 bits per heavy atom. The molecule has 2 bridgehead atoms. The van der Waals surface area contributed by atoms with Crippen molar-refractivity contribution < 1.29 is 19.1 Å². The molecule has 0 aromatic carbocycles. The molecule has 4 atom stereocenters. The fourth-order valence-corrected chi connectivity index (χ4v) is 5.16. The number of pyridine rings is 1. The minimum Gasteiger partial charge on any atom is -0.487 e. The third kappa shape index (κ3) is 2.83. The van der Waals surface area contributed by atoms with Gasteiger partial charge in [0.15, 0.2) is 11.4 Å². The lowest BCUT2D eigenvalue weighted by atomic mass is 9.87. The summed E-state index contributed by atoms with van der Waals surface area (Å²) in [5.41, 5.74) is -0.328. The molecule has 0 spiro atoms. The van der Waals surface area contributed by atoms with Crippen molar-refractivity contribution >= 4 is 11.9 Å². The molecular weight excluding hydrogens is 360 g/mol. The second-order valence-electron chi connectivity index (χ2n) is 8.17. The highest BCUT2D eigenvalue weighted by atomic mass is 16.5. The van der Waals surface area contributed by atoms with Gasteiger partial charge in [-0.05, 0) is 38.0 Å². The smallest absolute Gasteiger partial charge is 0.343 e. The average Bonchev–Trinajstić information content (AvgIpc) is 3.21. The number of esters is 1. The molecule has 1 aromatic rings. The van der Waals surface area contributed by atoms with E-state index in [0.717, 1.165) is 25.7 Å². The van der Waals surface area contributed by atoms with E-state index in [1.165, 1.54) is 6.20 Å². The van der Waals surface area contributed by atoms with Crippen LogP contribution in [0.1, 0.15) is 67.3 Å². The molecule has 0 radical (unpaired) electrons. The van der Waals surface area contributed by atoms with Crippen molar-refractivity contribution in [2.24, 2.45) is 11.8 Å². The number of rotatable bonds is 6. The lowest BCUT2D eigenvalue weighted by molar-refractivity contribution is 0.0407. The summed E-state index contributed by atoms with van der Waals surface area (Å²) in [6.07, 6.45) is 5.21. The minimum absolute atomic E-state index is 0.00160. The maximum Gasteiger partial charge on any atom is 0.343 e. The first-order valence-electron chi connectivity index (χ1n) is 10.4. The molecule has 2 aliphatic heterocycles. The van der Waals surface area contributed by atoms with E-state index in [9.17, 15) is 14.4 Å². The zero-order valence-corrected chi connectivity index (χ0v) is 16.8. The summed E-state index contributed by atoms with van der Waals surface area (Å²) >= 11 is 0. The molecule has 1 aliphatic carbocycles. The van der Waals surface area contributed by atoms with Crippen molar-refractivity contribution in [3.05, 3.63) is 27.7 Å². The Kier molecular flexibility index (Phi) is 4.93. The Balaban J connectivity index is 1.79. The van der Waals surface area contributed by atoms with Gasteiger partial charge in [-0.3, -0.25) is 9.59 Å². The molecule has 152 valence electrons. The molecule has 28 heavy (non-hydrogen) atoms. The number of ether oxygens (including phenoxy) is 2. The third-order valence-electron chi connectivity index (χ3n) is 6.46. The Hall–Kier alpha value is -2.31. The lowest BCUT2D eigenvalue weighted by Gasteiger charge is -2.42. The van der Waals surface area contributed by atoms with Crippen molar-refractivity contribution in [2.45, 2.75) is 65.1 Å². The van der Waals surface area contributed by atoms with Crippen LogP contribution in [0.15, 0.2) is 11.0 Å². The highest BCUT2D eigenvalue weighted by Gasteiger charge is 2.54. The number of hydrogen-bond donors (Lipinski definition) is 0. The Bertz CT molecular complexity index is 861. The van der Waals surface area contributed by atoms with Gasteiger partial charge in [-0.25, -0.2) is 4.79 Å². The topological polar surface area (TPSA) is 77.8 Å². The van der Waals surface area contributed by atoms with Gasteiger partial charge < -0.3 is 18.9 Å². The van der Waals surface area contributed by atoms with E-state index in [1.807, 2.05) is 11.8 Å². The van der Waals surface area contributed by atoms with Crippen LogP contribution < -0.4 is 10.2 Å². The molecule has 1 amide bonds. The van der Waals surface area contributed by atoms with E-state index in [0.29, 0.717) is 25.0 Å². The highest BCUT2D eigenvalue weighted by Crippen LogP contribution is 2.49. The number of fused-ring (bicyclic) bond motifs is 6. The van der Waals surface area contributed by atoms with Crippen molar-refractivity contribution in [2.75, 3.05) is 13.2 Å². The second kappa shape index (κ2) is 7.26. The van der Waals surface area contributed by atoms with Crippen molar-refractivity contribution in [1.29, 1.82) is 0 Å². The number of carbonyl (C=O) groups excluding carboxylic acids is 2. The largest absolute Gasteiger partial charge is 0.487 e. The molecule has 7 heteroatoms. The lowest BCUT2D eigenvalue weighted by Crippen LogP contribution is -2.53. The van der Waals surface area contributed by atoms with Gasteiger partial charge in [0.05, 0.1) is 19.3 Å². The molecule has 0 N–H and O–H groups in total. The molecule has 4 rings (SSSR count). The average molecular weight is 388 g/mol. The maximum atomic E-state index is 13.4. The Morgan fingerprint density at radius 1 is 1.25 bits per heavy atom. The first kappa shape index (κ1) is 19.0. The fourth-order valence-electron chi connectivity index (χ4n) is 5.16. The van der Waals surface area contributed by atoms with Crippen molar-refractivity contribution in [3.8, 4) is 5.75 Å². The Morgan fingerprint density at radius 2 is 2.04 bits per heavy atom. The van der Waals surface area contributed by atoms with E-state index < -0.39 is 11.4 Å². The number of aromatic nitrogens is 1. The van der Waals surface area contributed by atoms with Gasteiger partial charge in [0, 0.05) is 18.8 Å². The van der Waals surface area contributed by atoms with Gasteiger partial charge >= 0.3 is 5.97 Å². The monoisotopic (exact) mass is 388 g/mol. The fraction of sp³-hybridized carbons (Fsp3) is 0.667. The molecule has 1 saturated carbocycles. The van der Waals surface area contributed by atoms with Crippen LogP contribution in [0, 0.1) is 11.8 Å². The quantitative estimate of drug-likeness (QED) is 0.553. The zero-order valence-electron chi connectivity index (χ0n) is 16.8. The van der Waals surface area contributed by atoms with Gasteiger partial charge in [0.25, 0.3) is 5.91 Å². The van der Waals surface area contributed by atoms with Crippen LogP contribution in [-0.2, 0) is 11.3 Å². The third-order valence-corrected chi connectivity index (χ3v) is 6.46. The van der Waals surface area contributed by atoms with Crippen LogP contribution in [0.4, 0.5) is 0 Å². The van der Waals surface area contributed by atoms with Crippen LogP contribution in [0.25, 0.3) is 0 Å². The maximum absolute atomic E-state index is 13.4. The molecule has 2 fully saturated rings. The van der Waals surface area contributed by atoms with E-state index in [1.54, 1.807) is 11.5 Å². The van der Waals surface area contributed by atoms with Crippen LogP contribution in [0.2, 0.25) is 0 Å². The van der Waals surface area contributed by atoms with Gasteiger partial charge in [0.2, 0.25) is 5.43 Å². The van der Waals surface area contributed by atoms with Gasteiger partial charge in [0.1, 0.15) is 5.56 Å². The zero-order chi connectivity index (χ0) is 20.0. The summed E-state index contributed by atoms with van der Waals surface area (Å²) in [7, 11) is 0. The molecular formula is C21H28N2O5. The number of amides is 1. The Labute approximate surface area is 164 Å². The van der Waals surface area contributed by atoms with E-state index >= 15 is 0 Å². The second-order valence-corrected chi connectivity index (χ2v) is 8.17. The SMILES string of the molecule is CCCCOc1c2n(cc(C(=O)OCC)c1=O)C[C@@H]1[C@H]3C[C@H](C[C@H]3C)N1C2=O. The normalized spacial score (nSPS) is 27.5. The predicted molar refractivity (Wildman–Crippen MR) is 103 cm³/mol. The molecule has 3 heterocycles. The van der Waals surface area contributed by atoms with Gasteiger partial charge in [-0.1, -0.05) is 20.3 Å². The summed E-state index contributed by atoms with van der Waals surface area (Å²) in [5.74, 6) is 0.245. The summed E-state index contributed by atoms with van der Waals surface area (Å²) < 4.78 is 12.6. The van der Waals surface area contributed by atoms with E-state index in [4.69, 9.17) is 9.47 Å². The van der Waals surface area contributed by atoms with Crippen LogP contribution in [0.3, 0.4) is 0 Å². The number of nitrogens with zero attached hydrogens (tertiary/aromatic N) is 2. The number of hydrogen-bond acceptors (Lipinski definition) is 5. The van der Waals surface area contributed by atoms with Crippen molar-refractivity contribution in [3.63, 3.8) is 0 Å². The highest BCUT2D eigenvalue weighted by molar-refractivity contribution is 5.98.